The minimum absolute atomic E-state index is 0.162. The molecule has 0 bridgehead atoms. The highest BCUT2D eigenvalue weighted by Gasteiger charge is 2.27. The van der Waals surface area contributed by atoms with Gasteiger partial charge in [-0.3, -0.25) is 14.4 Å². The van der Waals surface area contributed by atoms with E-state index >= 15 is 0 Å². The summed E-state index contributed by atoms with van der Waals surface area (Å²) in [7, 11) is -3.53. The van der Waals surface area contributed by atoms with Gasteiger partial charge in [0.05, 0.1) is 4.90 Å². The number of nitrogens with one attached hydrogen (secondary N) is 3. The zero-order chi connectivity index (χ0) is 25.5. The lowest BCUT2D eigenvalue weighted by Crippen LogP contribution is -2.39. The number of hydrogen-bond acceptors (Lipinski definition) is 6. The summed E-state index contributed by atoms with van der Waals surface area (Å²) in [5.41, 5.74) is 1.23. The van der Waals surface area contributed by atoms with Gasteiger partial charge in [0.15, 0.2) is 0 Å². The predicted molar refractivity (Wildman–Crippen MR) is 133 cm³/mol. The third-order valence-electron chi connectivity index (χ3n) is 6.16. The SMILES string of the molecule is O=C(NCCNC(=O)C1CCCO1)c1ccc(NC(=O)c2ccc(S(=O)(=O)N3CCCC3)cc2)cc1. The summed E-state index contributed by atoms with van der Waals surface area (Å²) in [5.74, 6) is -0.849. The number of nitrogens with zero attached hydrogens (tertiary/aromatic N) is 1. The third kappa shape index (κ3) is 6.28. The van der Waals surface area contributed by atoms with Crippen LogP contribution >= 0.6 is 0 Å². The van der Waals surface area contributed by atoms with Crippen molar-refractivity contribution in [2.45, 2.75) is 36.7 Å². The van der Waals surface area contributed by atoms with Crippen LogP contribution in [-0.2, 0) is 19.6 Å². The standard InChI is InChI=1S/C25H30N4O6S/c30-23(26-13-14-27-25(32)22-4-3-17-35-22)18-5-9-20(10-6-18)28-24(31)19-7-11-21(12-8-19)36(33,34)29-15-1-2-16-29/h5-12,22H,1-4,13-17H2,(H,26,30)(H,27,32)(H,28,31). The fraction of sp³-hybridized carbons (Fsp3) is 0.400. The lowest BCUT2D eigenvalue weighted by Gasteiger charge is -2.15. The van der Waals surface area contributed by atoms with Crippen molar-refractivity contribution in [2.24, 2.45) is 0 Å². The molecule has 0 aromatic heterocycles. The van der Waals surface area contributed by atoms with Crippen LogP contribution in [-0.4, -0.2) is 69.3 Å². The predicted octanol–water partition coefficient (Wildman–Crippen LogP) is 1.75. The molecule has 2 fully saturated rings. The summed E-state index contributed by atoms with van der Waals surface area (Å²) in [6.07, 6.45) is 2.90. The molecule has 11 heteroatoms. The highest BCUT2D eigenvalue weighted by Crippen LogP contribution is 2.21. The smallest absolute Gasteiger partial charge is 0.255 e. The van der Waals surface area contributed by atoms with E-state index in [2.05, 4.69) is 16.0 Å². The number of anilines is 1. The molecule has 192 valence electrons. The topological polar surface area (TPSA) is 134 Å². The molecule has 2 saturated heterocycles. The first kappa shape index (κ1) is 25.8. The quantitative estimate of drug-likeness (QED) is 0.437. The fourth-order valence-corrected chi connectivity index (χ4v) is 5.64. The lowest BCUT2D eigenvalue weighted by molar-refractivity contribution is -0.129. The normalized spacial score (nSPS) is 18.1. The number of benzene rings is 2. The minimum Gasteiger partial charge on any atom is -0.368 e. The molecule has 1 atom stereocenters. The highest BCUT2D eigenvalue weighted by molar-refractivity contribution is 7.89. The highest BCUT2D eigenvalue weighted by atomic mass is 32.2. The van der Waals surface area contributed by atoms with E-state index in [1.807, 2.05) is 0 Å². The van der Waals surface area contributed by atoms with Crippen molar-refractivity contribution in [1.82, 2.24) is 14.9 Å². The Morgan fingerprint density at radius 3 is 2.08 bits per heavy atom. The average molecular weight is 515 g/mol. The van der Waals surface area contributed by atoms with Crippen LogP contribution in [0.2, 0.25) is 0 Å². The van der Waals surface area contributed by atoms with Crippen LogP contribution in [0.5, 0.6) is 0 Å². The summed E-state index contributed by atoms with van der Waals surface area (Å²) >= 11 is 0. The average Bonchev–Trinajstić information content (AvgIpc) is 3.62. The summed E-state index contributed by atoms with van der Waals surface area (Å²) in [5, 5.41) is 8.21. The number of rotatable bonds is 9. The Hall–Kier alpha value is -3.28. The largest absolute Gasteiger partial charge is 0.368 e. The van der Waals surface area contributed by atoms with Gasteiger partial charge in [0, 0.05) is 49.6 Å². The molecular weight excluding hydrogens is 484 g/mol. The van der Waals surface area contributed by atoms with Gasteiger partial charge in [-0.1, -0.05) is 0 Å². The fourth-order valence-electron chi connectivity index (χ4n) is 4.13. The molecule has 2 aromatic rings. The van der Waals surface area contributed by atoms with Crippen molar-refractivity contribution in [3.8, 4) is 0 Å². The van der Waals surface area contributed by atoms with Crippen LogP contribution in [0.15, 0.2) is 53.4 Å². The van der Waals surface area contributed by atoms with E-state index in [4.69, 9.17) is 4.74 Å². The van der Waals surface area contributed by atoms with Crippen molar-refractivity contribution in [1.29, 1.82) is 0 Å². The molecule has 2 aliphatic rings. The second-order valence-electron chi connectivity index (χ2n) is 8.72. The zero-order valence-electron chi connectivity index (χ0n) is 19.9. The van der Waals surface area contributed by atoms with Crippen LogP contribution in [0.4, 0.5) is 5.69 Å². The molecule has 2 heterocycles. The van der Waals surface area contributed by atoms with Gasteiger partial charge in [0.2, 0.25) is 15.9 Å². The second kappa shape index (κ2) is 11.6. The van der Waals surface area contributed by atoms with Gasteiger partial charge in [-0.05, 0) is 74.2 Å². The molecule has 36 heavy (non-hydrogen) atoms. The van der Waals surface area contributed by atoms with Crippen LogP contribution < -0.4 is 16.0 Å². The maximum absolute atomic E-state index is 12.6. The Labute approximate surface area is 210 Å². The maximum Gasteiger partial charge on any atom is 0.255 e. The molecule has 1 unspecified atom stereocenters. The lowest BCUT2D eigenvalue weighted by atomic mass is 10.1. The molecule has 0 aliphatic carbocycles. The Morgan fingerprint density at radius 1 is 0.833 bits per heavy atom. The monoisotopic (exact) mass is 514 g/mol. The Balaban J connectivity index is 1.24. The Kier molecular flexibility index (Phi) is 8.34. The third-order valence-corrected chi connectivity index (χ3v) is 8.07. The van der Waals surface area contributed by atoms with E-state index in [0.29, 0.717) is 49.5 Å². The van der Waals surface area contributed by atoms with Gasteiger partial charge in [-0.25, -0.2) is 8.42 Å². The van der Waals surface area contributed by atoms with Gasteiger partial charge in [0.25, 0.3) is 11.8 Å². The summed E-state index contributed by atoms with van der Waals surface area (Å²) in [4.78, 5) is 37.0. The van der Waals surface area contributed by atoms with Crippen molar-refractivity contribution in [2.75, 3.05) is 38.1 Å². The minimum atomic E-state index is -3.53. The van der Waals surface area contributed by atoms with Gasteiger partial charge in [-0.2, -0.15) is 4.31 Å². The molecule has 10 nitrogen and oxygen atoms in total. The van der Waals surface area contributed by atoms with Crippen molar-refractivity contribution >= 4 is 33.4 Å². The molecular formula is C25H30N4O6S. The van der Waals surface area contributed by atoms with Gasteiger partial charge >= 0.3 is 0 Å². The number of hydrogen-bond donors (Lipinski definition) is 3. The van der Waals surface area contributed by atoms with Gasteiger partial charge < -0.3 is 20.7 Å². The Morgan fingerprint density at radius 2 is 1.44 bits per heavy atom. The van der Waals surface area contributed by atoms with E-state index in [1.54, 1.807) is 24.3 Å². The van der Waals surface area contributed by atoms with Crippen LogP contribution in [0.3, 0.4) is 0 Å². The van der Waals surface area contributed by atoms with E-state index in [0.717, 1.165) is 19.3 Å². The van der Waals surface area contributed by atoms with Crippen molar-refractivity contribution in [3.63, 3.8) is 0 Å². The number of ether oxygens (including phenoxy) is 1. The molecule has 2 aromatic carbocycles. The first-order valence-corrected chi connectivity index (χ1v) is 13.5. The van der Waals surface area contributed by atoms with Crippen LogP contribution in [0.1, 0.15) is 46.4 Å². The number of sulfonamides is 1. The van der Waals surface area contributed by atoms with Crippen LogP contribution in [0.25, 0.3) is 0 Å². The van der Waals surface area contributed by atoms with Gasteiger partial charge in [0.1, 0.15) is 6.10 Å². The van der Waals surface area contributed by atoms with E-state index in [9.17, 15) is 22.8 Å². The molecule has 4 rings (SSSR count). The molecule has 3 amide bonds. The number of amides is 3. The molecule has 3 N–H and O–H groups in total. The van der Waals surface area contributed by atoms with Crippen LogP contribution in [0, 0.1) is 0 Å². The summed E-state index contributed by atoms with van der Waals surface area (Å²) in [6, 6.07) is 12.2. The summed E-state index contributed by atoms with van der Waals surface area (Å²) < 4.78 is 32.0. The maximum atomic E-state index is 12.6. The Bertz CT molecular complexity index is 1190. The number of carbonyl (C=O) groups excluding carboxylic acids is 3. The molecule has 0 radical (unpaired) electrons. The second-order valence-corrected chi connectivity index (χ2v) is 10.7. The molecule has 0 saturated carbocycles. The van der Waals surface area contributed by atoms with Crippen molar-refractivity contribution in [3.05, 3.63) is 59.7 Å². The van der Waals surface area contributed by atoms with Crippen molar-refractivity contribution < 1.29 is 27.5 Å². The molecule has 0 spiro atoms. The molecule has 2 aliphatic heterocycles. The first-order valence-electron chi connectivity index (χ1n) is 12.0. The first-order chi connectivity index (χ1) is 17.3. The zero-order valence-corrected chi connectivity index (χ0v) is 20.7. The van der Waals surface area contributed by atoms with E-state index < -0.39 is 16.1 Å². The van der Waals surface area contributed by atoms with E-state index in [1.165, 1.54) is 28.6 Å². The van der Waals surface area contributed by atoms with E-state index in [-0.39, 0.29) is 29.2 Å². The number of carbonyl (C=O) groups is 3. The summed E-state index contributed by atoms with van der Waals surface area (Å²) in [6.45, 7) is 2.21. The van der Waals surface area contributed by atoms with Gasteiger partial charge in [-0.15, -0.1) is 0 Å².